The average molecular weight is 241 g/mol. The SMILES string of the molecule is CCC1COCC2(C(=O)OC(C)(C)C)C(C)N12. The van der Waals surface area contributed by atoms with Gasteiger partial charge >= 0.3 is 5.97 Å². The summed E-state index contributed by atoms with van der Waals surface area (Å²) in [4.78, 5) is 14.6. The third kappa shape index (κ3) is 1.97. The minimum Gasteiger partial charge on any atom is -0.458 e. The lowest BCUT2D eigenvalue weighted by atomic mass is 10.1. The monoisotopic (exact) mass is 241 g/mol. The predicted molar refractivity (Wildman–Crippen MR) is 64.8 cm³/mol. The molecule has 2 rings (SSSR count). The molecule has 0 aliphatic carbocycles. The fourth-order valence-corrected chi connectivity index (χ4v) is 2.79. The molecule has 2 aliphatic heterocycles. The van der Waals surface area contributed by atoms with Crippen molar-refractivity contribution < 1.29 is 14.3 Å². The Bertz CT molecular complexity index is 323. The lowest BCUT2D eigenvalue weighted by molar-refractivity contribution is -0.164. The first-order valence-electron chi connectivity index (χ1n) is 6.42. The van der Waals surface area contributed by atoms with Crippen molar-refractivity contribution in [3.05, 3.63) is 0 Å². The Morgan fingerprint density at radius 2 is 2.18 bits per heavy atom. The molecule has 0 aromatic rings. The molecule has 4 atom stereocenters. The molecule has 0 bridgehead atoms. The van der Waals surface area contributed by atoms with E-state index in [1.54, 1.807) is 0 Å². The van der Waals surface area contributed by atoms with Gasteiger partial charge in [0.15, 0.2) is 5.54 Å². The highest BCUT2D eigenvalue weighted by atomic mass is 16.6. The third-order valence-corrected chi connectivity index (χ3v) is 3.75. The first-order chi connectivity index (χ1) is 7.83. The molecule has 0 spiro atoms. The van der Waals surface area contributed by atoms with Gasteiger partial charge in [-0.25, -0.2) is 4.79 Å². The highest BCUT2D eigenvalue weighted by Crippen LogP contribution is 2.48. The Labute approximate surface area is 103 Å². The van der Waals surface area contributed by atoms with E-state index in [4.69, 9.17) is 9.47 Å². The zero-order chi connectivity index (χ0) is 12.8. The van der Waals surface area contributed by atoms with Gasteiger partial charge in [0.1, 0.15) is 5.60 Å². The number of fused-ring (bicyclic) bond motifs is 1. The Morgan fingerprint density at radius 3 is 2.71 bits per heavy atom. The first kappa shape index (κ1) is 12.8. The standard InChI is InChI=1S/C13H23NO3/c1-6-10-7-16-8-13(9(2)14(10)13)11(15)17-12(3,4)5/h9-10H,6-8H2,1-5H3. The zero-order valence-electron chi connectivity index (χ0n) is 11.4. The Morgan fingerprint density at radius 1 is 1.53 bits per heavy atom. The van der Waals surface area contributed by atoms with Gasteiger partial charge in [0, 0.05) is 12.1 Å². The van der Waals surface area contributed by atoms with Crippen molar-refractivity contribution in [3.63, 3.8) is 0 Å². The summed E-state index contributed by atoms with van der Waals surface area (Å²) in [6.45, 7) is 11.1. The summed E-state index contributed by atoms with van der Waals surface area (Å²) in [5, 5.41) is 0. The maximum atomic E-state index is 12.3. The van der Waals surface area contributed by atoms with E-state index in [1.807, 2.05) is 20.8 Å². The maximum absolute atomic E-state index is 12.3. The number of hydrogen-bond donors (Lipinski definition) is 0. The number of esters is 1. The lowest BCUT2D eigenvalue weighted by Crippen LogP contribution is -2.47. The van der Waals surface area contributed by atoms with Crippen LogP contribution in [0.2, 0.25) is 0 Å². The summed E-state index contributed by atoms with van der Waals surface area (Å²) in [7, 11) is 0. The second-order valence-electron chi connectivity index (χ2n) is 6.09. The molecular formula is C13H23NO3. The average Bonchev–Trinajstić information content (AvgIpc) is 2.84. The molecule has 4 heteroatoms. The quantitative estimate of drug-likeness (QED) is 0.543. The fourth-order valence-electron chi connectivity index (χ4n) is 2.79. The molecule has 0 N–H and O–H groups in total. The van der Waals surface area contributed by atoms with E-state index in [2.05, 4.69) is 18.7 Å². The summed E-state index contributed by atoms with van der Waals surface area (Å²) in [5.74, 6) is -0.129. The lowest BCUT2D eigenvalue weighted by Gasteiger charge is -2.30. The minimum absolute atomic E-state index is 0.129. The van der Waals surface area contributed by atoms with Crippen molar-refractivity contribution in [1.82, 2.24) is 4.90 Å². The van der Waals surface area contributed by atoms with Crippen LogP contribution in [0.4, 0.5) is 0 Å². The summed E-state index contributed by atoms with van der Waals surface area (Å²) in [6, 6.07) is 0.594. The van der Waals surface area contributed by atoms with Crippen molar-refractivity contribution in [2.75, 3.05) is 13.2 Å². The summed E-state index contributed by atoms with van der Waals surface area (Å²) < 4.78 is 11.1. The van der Waals surface area contributed by atoms with Gasteiger partial charge in [0.25, 0.3) is 0 Å². The number of nitrogens with zero attached hydrogens (tertiary/aromatic N) is 1. The van der Waals surface area contributed by atoms with Crippen LogP contribution in [-0.2, 0) is 14.3 Å². The molecule has 2 saturated heterocycles. The van der Waals surface area contributed by atoms with Crippen molar-refractivity contribution in [3.8, 4) is 0 Å². The Kier molecular flexibility index (Phi) is 2.99. The second kappa shape index (κ2) is 3.95. The smallest absolute Gasteiger partial charge is 0.331 e. The number of morpholine rings is 1. The van der Waals surface area contributed by atoms with E-state index in [9.17, 15) is 4.79 Å². The highest BCUT2D eigenvalue weighted by Gasteiger charge is 2.70. The van der Waals surface area contributed by atoms with Gasteiger partial charge in [0.2, 0.25) is 0 Å². The van der Waals surface area contributed by atoms with Crippen molar-refractivity contribution >= 4 is 5.97 Å². The fraction of sp³-hybridized carbons (Fsp3) is 0.923. The normalized spacial score (nSPS) is 40.6. The van der Waals surface area contributed by atoms with Crippen LogP contribution in [0, 0.1) is 0 Å². The van der Waals surface area contributed by atoms with Crippen LogP contribution < -0.4 is 0 Å². The van der Waals surface area contributed by atoms with E-state index >= 15 is 0 Å². The third-order valence-electron chi connectivity index (χ3n) is 3.75. The summed E-state index contributed by atoms with van der Waals surface area (Å²) in [5.41, 5.74) is -0.939. The number of hydrogen-bond acceptors (Lipinski definition) is 4. The highest BCUT2D eigenvalue weighted by molar-refractivity contribution is 5.86. The molecular weight excluding hydrogens is 218 g/mol. The molecule has 17 heavy (non-hydrogen) atoms. The zero-order valence-corrected chi connectivity index (χ0v) is 11.4. The van der Waals surface area contributed by atoms with Crippen LogP contribution in [-0.4, -0.2) is 47.3 Å². The molecule has 4 unspecified atom stereocenters. The summed E-state index contributed by atoms with van der Waals surface area (Å²) in [6.07, 6.45) is 1.01. The first-order valence-corrected chi connectivity index (χ1v) is 6.42. The maximum Gasteiger partial charge on any atom is 0.331 e. The van der Waals surface area contributed by atoms with Crippen LogP contribution in [0.15, 0.2) is 0 Å². The molecule has 0 saturated carbocycles. The molecule has 0 aromatic heterocycles. The van der Waals surface area contributed by atoms with E-state index in [0.717, 1.165) is 13.0 Å². The van der Waals surface area contributed by atoms with Gasteiger partial charge in [-0.05, 0) is 34.1 Å². The number of carbonyl (C=O) groups is 1. The molecule has 0 amide bonds. The topological polar surface area (TPSA) is 38.5 Å². The van der Waals surface area contributed by atoms with E-state index < -0.39 is 11.1 Å². The minimum atomic E-state index is -0.508. The van der Waals surface area contributed by atoms with Gasteiger partial charge < -0.3 is 9.47 Å². The van der Waals surface area contributed by atoms with Crippen LogP contribution >= 0.6 is 0 Å². The van der Waals surface area contributed by atoms with Crippen molar-refractivity contribution in [2.45, 2.75) is 64.3 Å². The number of ether oxygens (including phenoxy) is 2. The van der Waals surface area contributed by atoms with Crippen LogP contribution in [0.25, 0.3) is 0 Å². The molecule has 0 radical (unpaired) electrons. The number of rotatable bonds is 2. The van der Waals surface area contributed by atoms with Gasteiger partial charge in [-0.2, -0.15) is 0 Å². The molecule has 2 fully saturated rings. The van der Waals surface area contributed by atoms with Crippen LogP contribution in [0.1, 0.15) is 41.0 Å². The van der Waals surface area contributed by atoms with E-state index in [1.165, 1.54) is 0 Å². The largest absolute Gasteiger partial charge is 0.458 e. The van der Waals surface area contributed by atoms with Gasteiger partial charge in [-0.3, -0.25) is 4.90 Å². The van der Waals surface area contributed by atoms with Crippen molar-refractivity contribution in [1.29, 1.82) is 0 Å². The Hall–Kier alpha value is -0.610. The molecule has 0 aromatic carbocycles. The van der Waals surface area contributed by atoms with Crippen molar-refractivity contribution in [2.24, 2.45) is 0 Å². The summed E-state index contributed by atoms with van der Waals surface area (Å²) >= 11 is 0. The molecule has 2 heterocycles. The Balaban J connectivity index is 2.12. The van der Waals surface area contributed by atoms with E-state index in [-0.39, 0.29) is 12.0 Å². The van der Waals surface area contributed by atoms with Gasteiger partial charge in [0.05, 0.1) is 13.2 Å². The molecule has 4 nitrogen and oxygen atoms in total. The second-order valence-corrected chi connectivity index (χ2v) is 6.09. The van der Waals surface area contributed by atoms with Gasteiger partial charge in [-0.1, -0.05) is 6.92 Å². The van der Waals surface area contributed by atoms with Crippen LogP contribution in [0.3, 0.4) is 0 Å². The predicted octanol–water partition coefficient (Wildman–Crippen LogP) is 1.58. The van der Waals surface area contributed by atoms with E-state index in [0.29, 0.717) is 12.6 Å². The van der Waals surface area contributed by atoms with Crippen LogP contribution in [0.5, 0.6) is 0 Å². The molecule has 2 aliphatic rings. The number of carbonyl (C=O) groups excluding carboxylic acids is 1. The molecule has 98 valence electrons. The van der Waals surface area contributed by atoms with Gasteiger partial charge in [-0.15, -0.1) is 0 Å².